The molecule has 118 valence electrons. The molecule has 1 aromatic carbocycles. The van der Waals surface area contributed by atoms with Crippen LogP contribution < -0.4 is 5.32 Å². The molecule has 3 aromatic heterocycles. The Morgan fingerprint density at radius 1 is 1.08 bits per heavy atom. The number of fused-ring (bicyclic) bond motifs is 1. The highest BCUT2D eigenvalue weighted by molar-refractivity contribution is 5.85. The maximum Gasteiger partial charge on any atom is 0.203 e. The lowest BCUT2D eigenvalue weighted by atomic mass is 10.2. The van der Waals surface area contributed by atoms with Crippen molar-refractivity contribution in [3.63, 3.8) is 0 Å². The monoisotopic (exact) mass is 319 g/mol. The van der Waals surface area contributed by atoms with Gasteiger partial charge in [0.25, 0.3) is 0 Å². The van der Waals surface area contributed by atoms with Crippen LogP contribution in [0.5, 0.6) is 0 Å². The molecule has 0 spiro atoms. The SMILES string of the molecule is C(=Cc1ncnc2nc(NCc3nn[nH]n3)[nH]c12)c1ccccc1. The zero-order valence-corrected chi connectivity index (χ0v) is 12.5. The highest BCUT2D eigenvalue weighted by Gasteiger charge is 2.08. The van der Waals surface area contributed by atoms with Gasteiger partial charge in [0.15, 0.2) is 11.5 Å². The summed E-state index contributed by atoms with van der Waals surface area (Å²) >= 11 is 0. The number of hydrogen-bond acceptors (Lipinski definition) is 7. The van der Waals surface area contributed by atoms with E-state index in [0.29, 0.717) is 24.0 Å². The molecule has 0 aliphatic carbocycles. The average molecular weight is 319 g/mol. The molecule has 4 rings (SSSR count). The highest BCUT2D eigenvalue weighted by Crippen LogP contribution is 2.17. The number of nitrogens with zero attached hydrogens (tertiary/aromatic N) is 6. The van der Waals surface area contributed by atoms with Gasteiger partial charge in [0.1, 0.15) is 11.8 Å². The molecule has 0 unspecified atom stereocenters. The van der Waals surface area contributed by atoms with Crippen molar-refractivity contribution in [3.8, 4) is 0 Å². The van der Waals surface area contributed by atoms with E-state index >= 15 is 0 Å². The summed E-state index contributed by atoms with van der Waals surface area (Å²) in [5.74, 6) is 1.12. The van der Waals surface area contributed by atoms with Gasteiger partial charge in [0.05, 0.1) is 12.2 Å². The molecular formula is C15H13N9. The third-order valence-corrected chi connectivity index (χ3v) is 3.35. The molecule has 0 aliphatic rings. The van der Waals surface area contributed by atoms with Gasteiger partial charge >= 0.3 is 0 Å². The maximum absolute atomic E-state index is 4.39. The molecule has 0 saturated heterocycles. The molecule has 24 heavy (non-hydrogen) atoms. The number of imidazole rings is 1. The Bertz CT molecular complexity index is 957. The summed E-state index contributed by atoms with van der Waals surface area (Å²) in [5.41, 5.74) is 3.22. The van der Waals surface area contributed by atoms with Gasteiger partial charge in [-0.25, -0.2) is 9.97 Å². The Morgan fingerprint density at radius 3 is 2.83 bits per heavy atom. The minimum absolute atomic E-state index is 0.402. The highest BCUT2D eigenvalue weighted by atomic mass is 15.5. The smallest absolute Gasteiger partial charge is 0.203 e. The average Bonchev–Trinajstić information content (AvgIpc) is 3.28. The van der Waals surface area contributed by atoms with E-state index in [1.54, 1.807) is 0 Å². The van der Waals surface area contributed by atoms with E-state index in [2.05, 4.69) is 45.9 Å². The van der Waals surface area contributed by atoms with Crippen molar-refractivity contribution in [2.75, 3.05) is 5.32 Å². The predicted molar refractivity (Wildman–Crippen MR) is 88.6 cm³/mol. The van der Waals surface area contributed by atoms with Crippen molar-refractivity contribution in [2.24, 2.45) is 0 Å². The second-order valence-electron chi connectivity index (χ2n) is 4.97. The van der Waals surface area contributed by atoms with Crippen LogP contribution in [0, 0.1) is 0 Å². The fraction of sp³-hybridized carbons (Fsp3) is 0.0667. The van der Waals surface area contributed by atoms with Gasteiger partial charge in [-0.15, -0.1) is 10.2 Å². The molecule has 0 bridgehead atoms. The first-order valence-electron chi connectivity index (χ1n) is 7.28. The molecule has 0 atom stereocenters. The van der Waals surface area contributed by atoms with E-state index in [9.17, 15) is 0 Å². The first kappa shape index (κ1) is 14.0. The first-order chi connectivity index (χ1) is 11.9. The van der Waals surface area contributed by atoms with Crippen molar-refractivity contribution in [1.82, 2.24) is 40.6 Å². The van der Waals surface area contributed by atoms with Crippen LogP contribution in [0.25, 0.3) is 23.3 Å². The molecule has 0 aliphatic heterocycles. The molecule has 9 nitrogen and oxygen atoms in total. The summed E-state index contributed by atoms with van der Waals surface area (Å²) in [6.45, 7) is 0.402. The Balaban J connectivity index is 1.59. The quantitative estimate of drug-likeness (QED) is 0.511. The number of tetrazole rings is 1. The lowest BCUT2D eigenvalue weighted by Crippen LogP contribution is -2.02. The minimum Gasteiger partial charge on any atom is -0.348 e. The van der Waals surface area contributed by atoms with Crippen LogP contribution in [-0.2, 0) is 6.54 Å². The molecule has 0 radical (unpaired) electrons. The van der Waals surface area contributed by atoms with Crippen molar-refractivity contribution in [1.29, 1.82) is 0 Å². The van der Waals surface area contributed by atoms with Crippen molar-refractivity contribution in [3.05, 3.63) is 53.7 Å². The van der Waals surface area contributed by atoms with E-state index in [1.807, 2.05) is 42.5 Å². The molecule has 4 aromatic rings. The number of nitrogens with one attached hydrogen (secondary N) is 3. The van der Waals surface area contributed by atoms with Gasteiger partial charge in [-0.1, -0.05) is 41.6 Å². The third kappa shape index (κ3) is 2.95. The number of anilines is 1. The van der Waals surface area contributed by atoms with E-state index in [-0.39, 0.29) is 0 Å². The van der Waals surface area contributed by atoms with Gasteiger partial charge in [-0.2, -0.15) is 10.2 Å². The number of benzene rings is 1. The Morgan fingerprint density at radius 2 is 2.00 bits per heavy atom. The fourth-order valence-electron chi connectivity index (χ4n) is 2.22. The summed E-state index contributed by atoms with van der Waals surface area (Å²) < 4.78 is 0. The predicted octanol–water partition coefficient (Wildman–Crippen LogP) is 1.65. The maximum atomic E-state index is 4.39. The molecular weight excluding hydrogens is 306 g/mol. The van der Waals surface area contributed by atoms with Crippen LogP contribution in [0.15, 0.2) is 36.7 Å². The van der Waals surface area contributed by atoms with E-state index in [1.165, 1.54) is 6.33 Å². The Kier molecular flexibility index (Phi) is 3.64. The van der Waals surface area contributed by atoms with Gasteiger partial charge in [-0.3, -0.25) is 0 Å². The second-order valence-corrected chi connectivity index (χ2v) is 4.97. The van der Waals surface area contributed by atoms with E-state index < -0.39 is 0 Å². The van der Waals surface area contributed by atoms with Crippen LogP contribution >= 0.6 is 0 Å². The van der Waals surface area contributed by atoms with Crippen molar-refractivity contribution < 1.29 is 0 Å². The minimum atomic E-state index is 0.402. The van der Waals surface area contributed by atoms with Gasteiger partial charge in [-0.05, 0) is 11.6 Å². The summed E-state index contributed by atoms with van der Waals surface area (Å²) in [6.07, 6.45) is 5.42. The van der Waals surface area contributed by atoms with Crippen LogP contribution in [0.2, 0.25) is 0 Å². The topological polar surface area (TPSA) is 121 Å². The number of aromatic nitrogens is 8. The lowest BCUT2D eigenvalue weighted by Gasteiger charge is -1.97. The van der Waals surface area contributed by atoms with E-state index in [4.69, 9.17) is 0 Å². The molecule has 3 heterocycles. The Labute approximate surface area is 136 Å². The molecule has 3 N–H and O–H groups in total. The van der Waals surface area contributed by atoms with Crippen LogP contribution in [0.1, 0.15) is 17.1 Å². The summed E-state index contributed by atoms with van der Waals surface area (Å²) in [5, 5.41) is 16.8. The summed E-state index contributed by atoms with van der Waals surface area (Å²) in [4.78, 5) is 16.1. The molecule has 0 fully saturated rings. The van der Waals surface area contributed by atoms with Crippen LogP contribution in [0.3, 0.4) is 0 Å². The molecule has 0 amide bonds. The largest absolute Gasteiger partial charge is 0.348 e. The summed E-state index contributed by atoms with van der Waals surface area (Å²) in [6, 6.07) is 10.0. The first-order valence-corrected chi connectivity index (χ1v) is 7.28. The normalized spacial score (nSPS) is 11.3. The molecule has 0 saturated carbocycles. The number of hydrogen-bond donors (Lipinski definition) is 3. The van der Waals surface area contributed by atoms with Gasteiger partial charge in [0.2, 0.25) is 5.95 Å². The fourth-order valence-corrected chi connectivity index (χ4v) is 2.22. The zero-order valence-electron chi connectivity index (χ0n) is 12.5. The van der Waals surface area contributed by atoms with Crippen molar-refractivity contribution >= 4 is 29.3 Å². The second kappa shape index (κ2) is 6.24. The Hall–Kier alpha value is -3.62. The number of rotatable bonds is 5. The molecule has 9 heteroatoms. The van der Waals surface area contributed by atoms with Crippen LogP contribution in [0.4, 0.5) is 5.95 Å². The van der Waals surface area contributed by atoms with Crippen LogP contribution in [-0.4, -0.2) is 40.6 Å². The van der Waals surface area contributed by atoms with E-state index in [0.717, 1.165) is 16.8 Å². The number of aromatic amines is 2. The third-order valence-electron chi connectivity index (χ3n) is 3.35. The lowest BCUT2D eigenvalue weighted by molar-refractivity contribution is 0.881. The zero-order chi connectivity index (χ0) is 16.2. The van der Waals surface area contributed by atoms with Gasteiger partial charge < -0.3 is 10.3 Å². The number of H-pyrrole nitrogens is 2. The van der Waals surface area contributed by atoms with Crippen molar-refractivity contribution in [2.45, 2.75) is 6.54 Å². The summed E-state index contributed by atoms with van der Waals surface area (Å²) in [7, 11) is 0. The van der Waals surface area contributed by atoms with Gasteiger partial charge in [0, 0.05) is 0 Å². The standard InChI is InChI=1S/C15H13N9/c1-2-4-10(5-3-1)6-7-11-13-14(18-9-17-11)20-15(19-13)16-8-12-21-23-24-22-12/h1-7,9H,8H2,(H,21,22,23,24)(H2,16,17,18,19,20).